The molecule has 0 aromatic carbocycles. The van der Waals surface area contributed by atoms with Gasteiger partial charge in [0.25, 0.3) is 0 Å². The van der Waals surface area contributed by atoms with Gasteiger partial charge in [0.2, 0.25) is 8.32 Å². The van der Waals surface area contributed by atoms with Gasteiger partial charge in [-0.25, -0.2) is 0 Å². The Balaban J connectivity index is 3.77. The zero-order chi connectivity index (χ0) is 9.61. The molecule has 0 saturated carbocycles. The van der Waals surface area contributed by atoms with E-state index in [0.29, 0.717) is 0 Å². The van der Waals surface area contributed by atoms with Gasteiger partial charge in [0.15, 0.2) is 0 Å². The highest BCUT2D eigenvalue weighted by molar-refractivity contribution is 6.72. The number of carbonyl (C=O) groups is 1. The van der Waals surface area contributed by atoms with Crippen LogP contribution in [-0.4, -0.2) is 26.0 Å². The topological polar surface area (TPSA) is 46.5 Å². The molecule has 0 amide bonds. The zero-order valence-electron chi connectivity index (χ0n) is 8.09. The van der Waals surface area contributed by atoms with Gasteiger partial charge in [-0.2, -0.15) is 0 Å². The number of unbranched alkanes of at least 4 members (excludes halogenated alkanes) is 1. The number of aliphatic hydroxyl groups is 1. The minimum Gasteiger partial charge on any atom is -0.518 e. The molecule has 0 heterocycles. The molecule has 0 atom stereocenters. The molecule has 0 aliphatic heterocycles. The van der Waals surface area contributed by atoms with E-state index in [9.17, 15) is 4.79 Å². The molecule has 0 aliphatic rings. The van der Waals surface area contributed by atoms with E-state index < -0.39 is 20.9 Å². The van der Waals surface area contributed by atoms with Crippen LogP contribution in [0.15, 0.2) is 0 Å². The molecule has 3 nitrogen and oxygen atoms in total. The van der Waals surface area contributed by atoms with Gasteiger partial charge in [-0.05, 0) is 19.1 Å². The summed E-state index contributed by atoms with van der Waals surface area (Å²) in [6.07, 6.45) is 2.21. The minimum atomic E-state index is -1.82. The van der Waals surface area contributed by atoms with E-state index in [1.165, 1.54) is 0 Å². The monoisotopic (exact) mass is 190 g/mol. The van der Waals surface area contributed by atoms with Gasteiger partial charge >= 0.3 is 5.97 Å². The third kappa shape index (κ3) is 5.32. The molecule has 0 aliphatic carbocycles. The molecule has 0 unspecified atom stereocenters. The molecule has 0 aromatic heterocycles. The second kappa shape index (κ2) is 5.32. The van der Waals surface area contributed by atoms with E-state index in [1.807, 2.05) is 13.1 Å². The average Bonchev–Trinajstić information content (AvgIpc) is 2.00. The van der Waals surface area contributed by atoms with Gasteiger partial charge in [-0.3, -0.25) is 4.79 Å². The Kier molecular flexibility index (Phi) is 5.16. The van der Waals surface area contributed by atoms with Gasteiger partial charge in [0.05, 0.1) is 0 Å². The third-order valence-electron chi connectivity index (χ3n) is 1.65. The lowest BCUT2D eigenvalue weighted by atomic mass is 10.4. The Bertz CT molecular complexity index is 145. The smallest absolute Gasteiger partial charge is 0.318 e. The quantitative estimate of drug-likeness (QED) is 0.669. The third-order valence-corrected chi connectivity index (χ3v) is 3.99. The van der Waals surface area contributed by atoms with Crippen LogP contribution in [0.3, 0.4) is 0 Å². The van der Waals surface area contributed by atoms with Crippen molar-refractivity contribution in [2.45, 2.75) is 38.9 Å². The molecular formula is C8H18O3Si. The maximum atomic E-state index is 10.8. The minimum absolute atomic E-state index is 0.484. The van der Waals surface area contributed by atoms with Crippen LogP contribution in [0.4, 0.5) is 0 Å². The lowest BCUT2D eigenvalue weighted by molar-refractivity contribution is -0.138. The Morgan fingerprint density at radius 2 is 2.08 bits per heavy atom. The maximum Gasteiger partial charge on any atom is 0.318 e. The number of hydrogen-bond donors (Lipinski definition) is 1. The molecular weight excluding hydrogens is 172 g/mol. The first-order valence-electron chi connectivity index (χ1n) is 4.34. The molecule has 0 aromatic rings. The second-order valence-corrected chi connectivity index (χ2v) is 7.72. The summed E-state index contributed by atoms with van der Waals surface area (Å²) in [5, 5.41) is 8.47. The Hall–Kier alpha value is -0.353. The van der Waals surface area contributed by atoms with E-state index >= 15 is 0 Å². The summed E-state index contributed by atoms with van der Waals surface area (Å²) in [4.78, 5) is 10.8. The molecule has 0 saturated heterocycles. The van der Waals surface area contributed by atoms with Gasteiger partial charge in [-0.1, -0.05) is 19.8 Å². The van der Waals surface area contributed by atoms with Crippen LogP contribution in [-0.2, 0) is 9.22 Å². The predicted octanol–water partition coefficient (Wildman–Crippen LogP) is 1.53. The van der Waals surface area contributed by atoms with E-state index in [0.717, 1.165) is 18.9 Å². The van der Waals surface area contributed by atoms with Gasteiger partial charge < -0.3 is 9.53 Å². The van der Waals surface area contributed by atoms with Crippen LogP contribution in [0.5, 0.6) is 0 Å². The van der Waals surface area contributed by atoms with Crippen LogP contribution >= 0.6 is 0 Å². The SMILES string of the molecule is CCCC[Si](C)(C)OC(=O)CO. The summed E-state index contributed by atoms with van der Waals surface area (Å²) in [5.74, 6) is -0.484. The fraction of sp³-hybridized carbons (Fsp3) is 0.875. The summed E-state index contributed by atoms with van der Waals surface area (Å²) in [6.45, 7) is 5.60. The second-order valence-electron chi connectivity index (χ2n) is 3.50. The van der Waals surface area contributed by atoms with Crippen molar-refractivity contribution in [1.29, 1.82) is 0 Å². The molecule has 0 spiro atoms. The van der Waals surface area contributed by atoms with E-state index in [2.05, 4.69) is 6.92 Å². The molecule has 72 valence electrons. The fourth-order valence-electron chi connectivity index (χ4n) is 0.994. The van der Waals surface area contributed by atoms with Gasteiger partial charge in [0, 0.05) is 0 Å². The standard InChI is InChI=1S/C8H18O3Si/c1-4-5-6-12(2,3)11-8(10)7-9/h9H,4-7H2,1-3H3. The van der Waals surface area contributed by atoms with Crippen molar-refractivity contribution in [1.82, 2.24) is 0 Å². The van der Waals surface area contributed by atoms with Crippen LogP contribution in [0, 0.1) is 0 Å². The van der Waals surface area contributed by atoms with Crippen molar-refractivity contribution in [2.24, 2.45) is 0 Å². The largest absolute Gasteiger partial charge is 0.518 e. The Morgan fingerprint density at radius 1 is 1.50 bits per heavy atom. The summed E-state index contributed by atoms with van der Waals surface area (Å²) >= 11 is 0. The van der Waals surface area contributed by atoms with Gasteiger partial charge in [0.1, 0.15) is 6.61 Å². The van der Waals surface area contributed by atoms with Gasteiger partial charge in [-0.15, -0.1) is 0 Å². The lowest BCUT2D eigenvalue weighted by Gasteiger charge is -2.21. The van der Waals surface area contributed by atoms with Crippen LogP contribution in [0.1, 0.15) is 19.8 Å². The first kappa shape index (κ1) is 11.6. The maximum absolute atomic E-state index is 10.8. The summed E-state index contributed by atoms with van der Waals surface area (Å²) in [7, 11) is -1.82. The normalized spacial score (nSPS) is 11.3. The van der Waals surface area contributed by atoms with Crippen molar-refractivity contribution in [3.05, 3.63) is 0 Å². The first-order chi connectivity index (χ1) is 5.52. The highest BCUT2D eigenvalue weighted by Gasteiger charge is 2.25. The predicted molar refractivity (Wildman–Crippen MR) is 50.4 cm³/mol. The summed E-state index contributed by atoms with van der Waals surface area (Å²) < 4.78 is 5.14. The first-order valence-corrected chi connectivity index (χ1v) is 7.46. The number of rotatable bonds is 5. The Morgan fingerprint density at radius 3 is 2.50 bits per heavy atom. The van der Waals surface area contributed by atoms with Crippen molar-refractivity contribution >= 4 is 14.3 Å². The van der Waals surface area contributed by atoms with Crippen LogP contribution in [0.25, 0.3) is 0 Å². The molecule has 0 bridgehead atoms. The Labute approximate surface area is 74.9 Å². The average molecular weight is 190 g/mol. The fourth-order valence-corrected chi connectivity index (χ4v) is 2.98. The van der Waals surface area contributed by atoms with E-state index in [-0.39, 0.29) is 0 Å². The molecule has 0 rings (SSSR count). The molecule has 1 N–H and O–H groups in total. The van der Waals surface area contributed by atoms with E-state index in [4.69, 9.17) is 9.53 Å². The van der Waals surface area contributed by atoms with Crippen molar-refractivity contribution in [2.75, 3.05) is 6.61 Å². The molecule has 4 heteroatoms. The number of carbonyl (C=O) groups excluding carboxylic acids is 1. The van der Waals surface area contributed by atoms with Crippen molar-refractivity contribution in [3.8, 4) is 0 Å². The van der Waals surface area contributed by atoms with Crippen LogP contribution < -0.4 is 0 Å². The highest BCUT2D eigenvalue weighted by Crippen LogP contribution is 2.14. The summed E-state index contributed by atoms with van der Waals surface area (Å²) in [5.41, 5.74) is 0. The number of hydrogen-bond acceptors (Lipinski definition) is 3. The molecule has 0 fully saturated rings. The zero-order valence-corrected chi connectivity index (χ0v) is 9.09. The number of aliphatic hydroxyl groups excluding tert-OH is 1. The lowest BCUT2D eigenvalue weighted by Crippen LogP contribution is -2.34. The van der Waals surface area contributed by atoms with Crippen LogP contribution in [0.2, 0.25) is 19.1 Å². The van der Waals surface area contributed by atoms with Crippen molar-refractivity contribution in [3.63, 3.8) is 0 Å². The summed E-state index contributed by atoms with van der Waals surface area (Å²) in [6, 6.07) is 0.981. The van der Waals surface area contributed by atoms with E-state index in [1.54, 1.807) is 0 Å². The molecule has 0 radical (unpaired) electrons. The van der Waals surface area contributed by atoms with Crippen molar-refractivity contribution < 1.29 is 14.3 Å². The highest BCUT2D eigenvalue weighted by atomic mass is 28.4. The molecule has 12 heavy (non-hydrogen) atoms.